The largest absolute Gasteiger partial charge is 0.497 e. The topological polar surface area (TPSA) is 94.2 Å². The van der Waals surface area contributed by atoms with Gasteiger partial charge in [-0.05, 0) is 53.7 Å². The van der Waals surface area contributed by atoms with Gasteiger partial charge in [0.25, 0.3) is 17.1 Å². The van der Waals surface area contributed by atoms with Crippen LogP contribution < -0.4 is 19.5 Å². The molecule has 8 nitrogen and oxygen atoms in total. The summed E-state index contributed by atoms with van der Waals surface area (Å²) in [7, 11) is 4.57. The minimum atomic E-state index is -0.383. The summed E-state index contributed by atoms with van der Waals surface area (Å²) in [6, 6.07) is 12.0. The number of nitrogens with one attached hydrogen (secondary N) is 1. The minimum Gasteiger partial charge on any atom is -0.497 e. The Kier molecular flexibility index (Phi) is 7.19. The quantitative estimate of drug-likeness (QED) is 0.628. The highest BCUT2D eigenvalue weighted by Gasteiger charge is 2.34. The van der Waals surface area contributed by atoms with Gasteiger partial charge in [-0.1, -0.05) is 12.1 Å². The number of carbonyl (C=O) groups excluding carboxylic acids is 3. The van der Waals surface area contributed by atoms with E-state index in [4.69, 9.17) is 14.2 Å². The predicted octanol–water partition coefficient (Wildman–Crippen LogP) is 3.18. The summed E-state index contributed by atoms with van der Waals surface area (Å²) < 4.78 is 15.5. The van der Waals surface area contributed by atoms with Gasteiger partial charge in [-0.25, -0.2) is 0 Å². The van der Waals surface area contributed by atoms with E-state index in [0.717, 1.165) is 22.2 Å². The standard InChI is InChI=1S/C22H22N2O6S/c1-28-16-7-4-14(5-8-16)12-19-21(26)24(22(27)31-19)11-10-23-20(25)15-6-9-17(29-2)18(13-15)30-3/h4-9,12-13H,10-11H2,1-3H3,(H,23,25). The molecule has 0 spiro atoms. The van der Waals surface area contributed by atoms with Gasteiger partial charge in [0.15, 0.2) is 11.5 Å². The lowest BCUT2D eigenvalue weighted by atomic mass is 10.2. The first-order chi connectivity index (χ1) is 15.0. The molecule has 0 saturated carbocycles. The van der Waals surface area contributed by atoms with E-state index >= 15 is 0 Å². The molecule has 3 amide bonds. The SMILES string of the molecule is COc1ccc(C=C2SC(=O)N(CCNC(=O)c3ccc(OC)c(OC)c3)C2=O)cc1. The monoisotopic (exact) mass is 442 g/mol. The summed E-state index contributed by atoms with van der Waals surface area (Å²) in [4.78, 5) is 38.7. The predicted molar refractivity (Wildman–Crippen MR) is 118 cm³/mol. The highest BCUT2D eigenvalue weighted by atomic mass is 32.2. The molecular formula is C22H22N2O6S. The number of hydrogen-bond acceptors (Lipinski definition) is 7. The van der Waals surface area contributed by atoms with Gasteiger partial charge in [0, 0.05) is 18.7 Å². The summed E-state index contributed by atoms with van der Waals surface area (Å²) in [5.74, 6) is 0.925. The molecule has 2 aromatic carbocycles. The molecule has 0 unspecified atom stereocenters. The van der Waals surface area contributed by atoms with E-state index in [1.165, 1.54) is 14.2 Å². The van der Waals surface area contributed by atoms with Crippen molar-refractivity contribution in [2.24, 2.45) is 0 Å². The Morgan fingerprint density at radius 3 is 2.35 bits per heavy atom. The molecule has 2 aromatic rings. The third kappa shape index (κ3) is 5.18. The summed E-state index contributed by atoms with van der Waals surface area (Å²) in [5, 5.41) is 2.34. The number of benzene rings is 2. The highest BCUT2D eigenvalue weighted by Crippen LogP contribution is 2.32. The fourth-order valence-corrected chi connectivity index (χ4v) is 3.77. The summed E-state index contributed by atoms with van der Waals surface area (Å²) >= 11 is 0.875. The van der Waals surface area contributed by atoms with Crippen LogP contribution in [0.1, 0.15) is 15.9 Å². The Balaban J connectivity index is 1.59. The molecule has 31 heavy (non-hydrogen) atoms. The molecule has 1 N–H and O–H groups in total. The third-order valence-electron chi connectivity index (χ3n) is 4.55. The van der Waals surface area contributed by atoms with Gasteiger partial charge in [-0.2, -0.15) is 0 Å². The Hall–Kier alpha value is -3.46. The second-order valence-corrected chi connectivity index (χ2v) is 7.43. The van der Waals surface area contributed by atoms with Crippen molar-refractivity contribution in [1.82, 2.24) is 10.2 Å². The molecule has 1 aliphatic heterocycles. The molecule has 0 atom stereocenters. The van der Waals surface area contributed by atoms with Crippen LogP contribution in [0.3, 0.4) is 0 Å². The van der Waals surface area contributed by atoms with Gasteiger partial charge >= 0.3 is 0 Å². The van der Waals surface area contributed by atoms with Crippen LogP contribution in [0.25, 0.3) is 6.08 Å². The molecule has 3 rings (SSSR count). The second-order valence-electron chi connectivity index (χ2n) is 6.43. The maximum atomic E-state index is 12.6. The number of imide groups is 1. The van der Waals surface area contributed by atoms with Gasteiger partial charge in [-0.15, -0.1) is 0 Å². The molecular weight excluding hydrogens is 420 g/mol. The van der Waals surface area contributed by atoms with Crippen molar-refractivity contribution in [3.05, 3.63) is 58.5 Å². The summed E-state index contributed by atoms with van der Waals surface area (Å²) in [6.07, 6.45) is 1.66. The van der Waals surface area contributed by atoms with Crippen LogP contribution in [0, 0.1) is 0 Å². The van der Waals surface area contributed by atoms with Gasteiger partial charge in [0.1, 0.15) is 5.75 Å². The lowest BCUT2D eigenvalue weighted by Crippen LogP contribution is -2.37. The first-order valence-corrected chi connectivity index (χ1v) is 10.2. The van der Waals surface area contributed by atoms with Gasteiger partial charge in [0.05, 0.1) is 26.2 Å². The third-order valence-corrected chi connectivity index (χ3v) is 5.46. The van der Waals surface area contributed by atoms with Crippen molar-refractivity contribution in [1.29, 1.82) is 0 Å². The van der Waals surface area contributed by atoms with Crippen LogP contribution in [0.2, 0.25) is 0 Å². The highest BCUT2D eigenvalue weighted by molar-refractivity contribution is 8.18. The maximum absolute atomic E-state index is 12.6. The van der Waals surface area contributed by atoms with Crippen molar-refractivity contribution in [3.63, 3.8) is 0 Å². The number of ether oxygens (including phenoxy) is 3. The molecule has 162 valence electrons. The molecule has 1 heterocycles. The molecule has 0 bridgehead atoms. The van der Waals surface area contributed by atoms with Crippen LogP contribution in [0.15, 0.2) is 47.4 Å². The second kappa shape index (κ2) is 10.0. The average molecular weight is 442 g/mol. The Bertz CT molecular complexity index is 1020. The van der Waals surface area contributed by atoms with Crippen molar-refractivity contribution >= 4 is 34.9 Å². The number of nitrogens with zero attached hydrogens (tertiary/aromatic N) is 1. The van der Waals surface area contributed by atoms with E-state index in [2.05, 4.69) is 5.32 Å². The smallest absolute Gasteiger partial charge is 0.293 e. The van der Waals surface area contributed by atoms with E-state index in [1.54, 1.807) is 55.7 Å². The van der Waals surface area contributed by atoms with Crippen LogP contribution in [0.5, 0.6) is 17.2 Å². The number of amides is 3. The first-order valence-electron chi connectivity index (χ1n) is 9.36. The number of methoxy groups -OCH3 is 3. The molecule has 9 heteroatoms. The molecule has 0 aliphatic carbocycles. The summed E-state index contributed by atoms with van der Waals surface area (Å²) in [5.41, 5.74) is 1.17. The lowest BCUT2D eigenvalue weighted by molar-refractivity contribution is -0.122. The average Bonchev–Trinajstić information content (AvgIpc) is 3.06. The molecule has 1 fully saturated rings. The van der Waals surface area contributed by atoms with Gasteiger partial charge < -0.3 is 19.5 Å². The molecule has 0 radical (unpaired) electrons. The van der Waals surface area contributed by atoms with Crippen molar-refractivity contribution in [2.45, 2.75) is 0 Å². The fraction of sp³-hybridized carbons (Fsp3) is 0.227. The lowest BCUT2D eigenvalue weighted by Gasteiger charge is -2.13. The van der Waals surface area contributed by atoms with Crippen LogP contribution >= 0.6 is 11.8 Å². The fourth-order valence-electron chi connectivity index (χ4n) is 2.91. The van der Waals surface area contributed by atoms with E-state index in [1.807, 2.05) is 0 Å². The zero-order valence-corrected chi connectivity index (χ0v) is 18.2. The van der Waals surface area contributed by atoms with E-state index in [-0.39, 0.29) is 30.1 Å². The van der Waals surface area contributed by atoms with Crippen LogP contribution in [-0.4, -0.2) is 56.4 Å². The molecule has 1 saturated heterocycles. The van der Waals surface area contributed by atoms with Crippen LogP contribution in [0.4, 0.5) is 4.79 Å². The summed E-state index contributed by atoms with van der Waals surface area (Å²) in [6.45, 7) is 0.199. The zero-order chi connectivity index (χ0) is 22.4. The Morgan fingerprint density at radius 1 is 1.00 bits per heavy atom. The van der Waals surface area contributed by atoms with Crippen molar-refractivity contribution in [2.75, 3.05) is 34.4 Å². The minimum absolute atomic E-state index is 0.0731. The zero-order valence-electron chi connectivity index (χ0n) is 17.3. The maximum Gasteiger partial charge on any atom is 0.293 e. The van der Waals surface area contributed by atoms with Gasteiger partial charge in [0.2, 0.25) is 0 Å². The van der Waals surface area contributed by atoms with Gasteiger partial charge in [-0.3, -0.25) is 19.3 Å². The number of thioether (sulfide) groups is 1. The normalized spacial score (nSPS) is 14.7. The van der Waals surface area contributed by atoms with Crippen molar-refractivity contribution in [3.8, 4) is 17.2 Å². The molecule has 0 aromatic heterocycles. The molecule has 1 aliphatic rings. The van der Waals surface area contributed by atoms with E-state index in [0.29, 0.717) is 27.7 Å². The van der Waals surface area contributed by atoms with Crippen molar-refractivity contribution < 1.29 is 28.6 Å². The number of rotatable bonds is 8. The van der Waals surface area contributed by atoms with Crippen LogP contribution in [-0.2, 0) is 4.79 Å². The van der Waals surface area contributed by atoms with E-state index in [9.17, 15) is 14.4 Å². The van der Waals surface area contributed by atoms with E-state index < -0.39 is 0 Å². The number of carbonyl (C=O) groups is 3. The number of hydrogen-bond donors (Lipinski definition) is 1. The first kappa shape index (κ1) is 22.2. The Labute approximate surface area is 184 Å². The Morgan fingerprint density at radius 2 is 1.71 bits per heavy atom.